The number of hydrogen-bond acceptors (Lipinski definition) is 2. The van der Waals surface area contributed by atoms with Crippen molar-refractivity contribution in [3.63, 3.8) is 0 Å². The summed E-state index contributed by atoms with van der Waals surface area (Å²) >= 11 is 3.48. The highest BCUT2D eigenvalue weighted by Crippen LogP contribution is 2.15. The quantitative estimate of drug-likeness (QED) is 0.846. The molecule has 0 saturated carbocycles. The van der Waals surface area contributed by atoms with E-state index in [2.05, 4.69) is 27.3 Å². The summed E-state index contributed by atoms with van der Waals surface area (Å²) in [4.78, 5) is 11.4. The largest absolute Gasteiger partial charge is 0.356 e. The van der Waals surface area contributed by atoms with Gasteiger partial charge in [0, 0.05) is 23.5 Å². The molecule has 0 saturated heterocycles. The number of benzene rings is 1. The van der Waals surface area contributed by atoms with E-state index in [1.165, 1.54) is 5.56 Å². The minimum atomic E-state index is 0.0781. The number of hydrogen-bond donors (Lipinski definition) is 2. The molecule has 17 heavy (non-hydrogen) atoms. The van der Waals surface area contributed by atoms with Crippen LogP contribution in [0.2, 0.25) is 0 Å². The van der Waals surface area contributed by atoms with Crippen molar-refractivity contribution in [3.05, 3.63) is 34.3 Å². The summed E-state index contributed by atoms with van der Waals surface area (Å²) in [6.45, 7) is 2.58. The number of rotatable bonds is 6. The molecule has 1 atom stereocenters. The lowest BCUT2D eigenvalue weighted by molar-refractivity contribution is -0.121. The molecule has 1 unspecified atom stereocenters. The van der Waals surface area contributed by atoms with Crippen LogP contribution >= 0.6 is 15.9 Å². The molecule has 0 radical (unpaired) electrons. The fourth-order valence-electron chi connectivity index (χ4n) is 1.48. The fraction of sp³-hybridized carbons (Fsp3) is 0.462. The van der Waals surface area contributed by atoms with Crippen LogP contribution in [0.4, 0.5) is 0 Å². The second-order valence-electron chi connectivity index (χ2n) is 4.21. The Hall–Kier alpha value is -0.870. The van der Waals surface area contributed by atoms with Gasteiger partial charge in [0.25, 0.3) is 0 Å². The average Bonchev–Trinajstić information content (AvgIpc) is 2.29. The molecule has 0 heterocycles. The van der Waals surface area contributed by atoms with Gasteiger partial charge in [-0.1, -0.05) is 34.1 Å². The van der Waals surface area contributed by atoms with E-state index in [0.29, 0.717) is 13.0 Å². The number of nitrogens with one attached hydrogen (secondary N) is 1. The molecule has 0 bridgehead atoms. The van der Waals surface area contributed by atoms with E-state index in [1.54, 1.807) is 0 Å². The molecule has 4 heteroatoms. The molecule has 0 aliphatic carbocycles. The third-order valence-electron chi connectivity index (χ3n) is 2.50. The first-order valence-electron chi connectivity index (χ1n) is 5.85. The van der Waals surface area contributed by atoms with E-state index < -0.39 is 0 Å². The maximum Gasteiger partial charge on any atom is 0.220 e. The predicted octanol–water partition coefficient (Wildman–Crippen LogP) is 2.24. The van der Waals surface area contributed by atoms with Gasteiger partial charge < -0.3 is 11.1 Å². The van der Waals surface area contributed by atoms with Crippen LogP contribution in [0, 0.1) is 0 Å². The zero-order valence-electron chi connectivity index (χ0n) is 10.1. The molecule has 3 nitrogen and oxygen atoms in total. The van der Waals surface area contributed by atoms with Gasteiger partial charge in [-0.15, -0.1) is 0 Å². The van der Waals surface area contributed by atoms with Gasteiger partial charge in [0.2, 0.25) is 5.91 Å². The Morgan fingerprint density at radius 3 is 2.82 bits per heavy atom. The Bertz CT molecular complexity index is 366. The first-order chi connectivity index (χ1) is 8.09. The number of nitrogens with two attached hydrogens (primary N) is 1. The number of carbonyl (C=O) groups is 1. The maximum absolute atomic E-state index is 11.4. The first kappa shape index (κ1) is 14.2. The molecule has 0 spiro atoms. The van der Waals surface area contributed by atoms with E-state index in [1.807, 2.05) is 25.1 Å². The lowest BCUT2D eigenvalue weighted by Gasteiger charge is -2.07. The van der Waals surface area contributed by atoms with Crippen LogP contribution in [0.15, 0.2) is 28.7 Å². The number of carbonyl (C=O) groups excluding carboxylic acids is 1. The van der Waals surface area contributed by atoms with Gasteiger partial charge in [0.15, 0.2) is 0 Å². The molecule has 0 fully saturated rings. The Morgan fingerprint density at radius 1 is 1.47 bits per heavy atom. The lowest BCUT2D eigenvalue weighted by Crippen LogP contribution is -2.27. The van der Waals surface area contributed by atoms with E-state index >= 15 is 0 Å². The summed E-state index contributed by atoms with van der Waals surface area (Å²) in [6.07, 6.45) is 2.08. The molecule has 0 aromatic heterocycles. The zero-order chi connectivity index (χ0) is 12.7. The molecule has 3 N–H and O–H groups in total. The summed E-state index contributed by atoms with van der Waals surface area (Å²) in [5.41, 5.74) is 6.80. The van der Waals surface area contributed by atoms with Crippen molar-refractivity contribution < 1.29 is 4.79 Å². The molecule has 1 aromatic carbocycles. The van der Waals surface area contributed by atoms with Crippen molar-refractivity contribution >= 4 is 21.8 Å². The third-order valence-corrected chi connectivity index (χ3v) is 3.27. The van der Waals surface area contributed by atoms with E-state index in [0.717, 1.165) is 17.3 Å². The zero-order valence-corrected chi connectivity index (χ0v) is 11.7. The minimum absolute atomic E-state index is 0.0781. The van der Waals surface area contributed by atoms with Gasteiger partial charge in [-0.25, -0.2) is 0 Å². The predicted molar refractivity (Wildman–Crippen MR) is 73.7 cm³/mol. The molecule has 0 aliphatic rings. The summed E-state index contributed by atoms with van der Waals surface area (Å²) in [5, 5.41) is 2.90. The summed E-state index contributed by atoms with van der Waals surface area (Å²) in [7, 11) is 0. The molecule has 1 rings (SSSR count). The Kier molecular flexibility index (Phi) is 6.22. The van der Waals surface area contributed by atoms with Crippen molar-refractivity contribution in [2.45, 2.75) is 32.2 Å². The van der Waals surface area contributed by atoms with Crippen LogP contribution in [0.5, 0.6) is 0 Å². The van der Waals surface area contributed by atoms with Gasteiger partial charge in [0.05, 0.1) is 0 Å². The highest BCUT2D eigenvalue weighted by Gasteiger charge is 2.03. The van der Waals surface area contributed by atoms with Crippen LogP contribution in [-0.2, 0) is 11.2 Å². The van der Waals surface area contributed by atoms with Gasteiger partial charge in [-0.2, -0.15) is 0 Å². The van der Waals surface area contributed by atoms with Crippen molar-refractivity contribution in [3.8, 4) is 0 Å². The smallest absolute Gasteiger partial charge is 0.220 e. The van der Waals surface area contributed by atoms with Crippen molar-refractivity contribution in [1.82, 2.24) is 5.32 Å². The van der Waals surface area contributed by atoms with Gasteiger partial charge in [-0.3, -0.25) is 4.79 Å². The molecule has 94 valence electrons. The van der Waals surface area contributed by atoms with Crippen molar-refractivity contribution in [2.75, 3.05) is 6.54 Å². The Balaban J connectivity index is 2.24. The summed E-state index contributed by atoms with van der Waals surface area (Å²) in [5.74, 6) is 0.0781. The Morgan fingerprint density at radius 2 is 2.18 bits per heavy atom. The minimum Gasteiger partial charge on any atom is -0.356 e. The second-order valence-corrected chi connectivity index (χ2v) is 5.06. The molecule has 0 aliphatic heterocycles. The van der Waals surface area contributed by atoms with E-state index in [-0.39, 0.29) is 11.9 Å². The van der Waals surface area contributed by atoms with Crippen molar-refractivity contribution in [1.29, 1.82) is 0 Å². The SMILES string of the molecule is CC(N)CCC(=O)NCCc1ccccc1Br. The highest BCUT2D eigenvalue weighted by atomic mass is 79.9. The summed E-state index contributed by atoms with van der Waals surface area (Å²) < 4.78 is 1.09. The molecular weight excluding hydrogens is 280 g/mol. The van der Waals surface area contributed by atoms with Crippen molar-refractivity contribution in [2.24, 2.45) is 5.73 Å². The monoisotopic (exact) mass is 298 g/mol. The van der Waals surface area contributed by atoms with Crippen LogP contribution in [0.1, 0.15) is 25.3 Å². The van der Waals surface area contributed by atoms with Gasteiger partial charge >= 0.3 is 0 Å². The molecular formula is C13H19BrN2O. The van der Waals surface area contributed by atoms with Gasteiger partial charge in [-0.05, 0) is 31.4 Å². The first-order valence-corrected chi connectivity index (χ1v) is 6.64. The lowest BCUT2D eigenvalue weighted by atomic mass is 10.1. The number of halogens is 1. The Labute approximate surface area is 111 Å². The fourth-order valence-corrected chi connectivity index (χ4v) is 1.97. The molecule has 1 aromatic rings. The maximum atomic E-state index is 11.4. The highest BCUT2D eigenvalue weighted by molar-refractivity contribution is 9.10. The normalized spacial score (nSPS) is 12.2. The standard InChI is InChI=1S/C13H19BrN2O/c1-10(15)6-7-13(17)16-9-8-11-4-2-3-5-12(11)14/h2-5,10H,6-9,15H2,1H3,(H,16,17). The molecule has 1 amide bonds. The van der Waals surface area contributed by atoms with E-state index in [9.17, 15) is 4.79 Å². The average molecular weight is 299 g/mol. The third kappa shape index (κ3) is 5.84. The second kappa shape index (κ2) is 7.45. The van der Waals surface area contributed by atoms with E-state index in [4.69, 9.17) is 5.73 Å². The van der Waals surface area contributed by atoms with Gasteiger partial charge in [0.1, 0.15) is 0 Å². The van der Waals surface area contributed by atoms with Crippen LogP contribution in [0.3, 0.4) is 0 Å². The number of amides is 1. The van der Waals surface area contributed by atoms with Crippen LogP contribution in [0.25, 0.3) is 0 Å². The van der Waals surface area contributed by atoms with Crippen LogP contribution < -0.4 is 11.1 Å². The van der Waals surface area contributed by atoms with Crippen LogP contribution in [-0.4, -0.2) is 18.5 Å². The summed E-state index contributed by atoms with van der Waals surface area (Å²) in [6, 6.07) is 8.13. The topological polar surface area (TPSA) is 55.1 Å².